The minimum absolute atomic E-state index is 0.270. The van der Waals surface area contributed by atoms with Gasteiger partial charge in [-0.3, -0.25) is 9.59 Å². The topological polar surface area (TPSA) is 66.8 Å². The van der Waals surface area contributed by atoms with Crippen molar-refractivity contribution in [2.75, 3.05) is 18.1 Å². The minimum Gasteiger partial charge on any atom is -0.492 e. The van der Waals surface area contributed by atoms with Crippen LogP contribution in [0.1, 0.15) is 21.7 Å². The van der Waals surface area contributed by atoms with Gasteiger partial charge in [0.15, 0.2) is 11.4 Å². The Morgan fingerprint density at radius 1 is 1.07 bits per heavy atom. The van der Waals surface area contributed by atoms with E-state index >= 15 is 0 Å². The van der Waals surface area contributed by atoms with Gasteiger partial charge in [-0.25, -0.2) is 0 Å². The molecule has 0 unspecified atom stereocenters. The fourth-order valence-corrected chi connectivity index (χ4v) is 4.78. The number of amides is 1. The van der Waals surface area contributed by atoms with Gasteiger partial charge in [-0.05, 0) is 46.3 Å². The lowest BCUT2D eigenvalue weighted by Crippen LogP contribution is -2.43. The van der Waals surface area contributed by atoms with E-state index in [1.54, 1.807) is 36.4 Å². The number of carbonyl (C=O) groups is 2. The molecular weight excluding hydrogens is 454 g/mol. The zero-order chi connectivity index (χ0) is 20.4. The number of halogens is 1. The first-order chi connectivity index (χ1) is 14.0. The predicted molar refractivity (Wildman–Crippen MR) is 116 cm³/mol. The van der Waals surface area contributed by atoms with Crippen LogP contribution in [0.3, 0.4) is 0 Å². The van der Waals surface area contributed by atoms with Crippen molar-refractivity contribution in [1.29, 1.82) is 0 Å². The number of fused-ring (bicyclic) bond motifs is 1. The number of benzene rings is 2. The lowest BCUT2D eigenvalue weighted by Gasteiger charge is -2.22. The van der Waals surface area contributed by atoms with Crippen molar-refractivity contribution >= 4 is 44.6 Å². The SMILES string of the molecule is O=C(C[C@@]1(O)C(=O)N(CCOc2ccccc2)c2ccccc21)c1ccc(Br)s1. The Morgan fingerprint density at radius 3 is 2.52 bits per heavy atom. The smallest absolute Gasteiger partial charge is 0.264 e. The molecule has 0 bridgehead atoms. The highest BCUT2D eigenvalue weighted by molar-refractivity contribution is 9.11. The number of nitrogens with zero attached hydrogens (tertiary/aromatic N) is 1. The van der Waals surface area contributed by atoms with Gasteiger partial charge < -0.3 is 14.7 Å². The summed E-state index contributed by atoms with van der Waals surface area (Å²) in [4.78, 5) is 27.9. The van der Waals surface area contributed by atoms with E-state index in [0.29, 0.717) is 21.9 Å². The van der Waals surface area contributed by atoms with E-state index in [2.05, 4.69) is 15.9 Å². The largest absolute Gasteiger partial charge is 0.492 e. The van der Waals surface area contributed by atoms with Crippen LogP contribution in [0.25, 0.3) is 0 Å². The molecule has 0 radical (unpaired) electrons. The second-order valence-corrected chi connectivity index (χ2v) is 9.16. The number of ether oxygens (including phenoxy) is 1. The van der Waals surface area contributed by atoms with Gasteiger partial charge in [0.05, 0.1) is 27.3 Å². The van der Waals surface area contributed by atoms with E-state index in [4.69, 9.17) is 4.74 Å². The standard InChI is InChI=1S/C22H18BrNO4S/c23-20-11-10-19(29-20)18(25)14-22(27)16-8-4-5-9-17(16)24(21(22)26)12-13-28-15-6-2-1-3-7-15/h1-11,27H,12-14H2/t22-/m0/s1. The second-order valence-electron chi connectivity index (χ2n) is 6.70. The van der Waals surface area contributed by atoms with Crippen LogP contribution in [0.2, 0.25) is 0 Å². The molecule has 1 aromatic heterocycles. The molecule has 0 aliphatic carbocycles. The first-order valence-corrected chi connectivity index (χ1v) is 10.7. The van der Waals surface area contributed by atoms with Gasteiger partial charge in [0.2, 0.25) is 0 Å². The highest BCUT2D eigenvalue weighted by Gasteiger charge is 2.50. The van der Waals surface area contributed by atoms with Crippen LogP contribution in [-0.2, 0) is 10.4 Å². The zero-order valence-electron chi connectivity index (χ0n) is 15.4. The molecule has 1 atom stereocenters. The number of para-hydroxylation sites is 2. The molecule has 29 heavy (non-hydrogen) atoms. The van der Waals surface area contributed by atoms with Crippen molar-refractivity contribution < 1.29 is 19.4 Å². The maximum absolute atomic E-state index is 13.2. The molecule has 2 aromatic carbocycles. The van der Waals surface area contributed by atoms with Crippen molar-refractivity contribution in [3.8, 4) is 5.75 Å². The number of carbonyl (C=O) groups excluding carboxylic acids is 2. The Morgan fingerprint density at radius 2 is 1.79 bits per heavy atom. The summed E-state index contributed by atoms with van der Waals surface area (Å²) in [5.41, 5.74) is -0.817. The van der Waals surface area contributed by atoms with Gasteiger partial charge >= 0.3 is 0 Å². The third kappa shape index (κ3) is 3.85. The maximum atomic E-state index is 13.2. The number of hydrogen-bond donors (Lipinski definition) is 1. The summed E-state index contributed by atoms with van der Waals surface area (Å²) in [5.74, 6) is -0.0609. The van der Waals surface area contributed by atoms with Crippen molar-refractivity contribution in [2.45, 2.75) is 12.0 Å². The van der Waals surface area contributed by atoms with E-state index in [1.807, 2.05) is 30.3 Å². The monoisotopic (exact) mass is 471 g/mol. The third-order valence-corrected chi connectivity index (χ3v) is 6.50. The van der Waals surface area contributed by atoms with Crippen LogP contribution in [0.5, 0.6) is 5.75 Å². The van der Waals surface area contributed by atoms with Crippen LogP contribution in [0.4, 0.5) is 5.69 Å². The van der Waals surface area contributed by atoms with E-state index in [9.17, 15) is 14.7 Å². The summed E-state index contributed by atoms with van der Waals surface area (Å²) in [6.07, 6.45) is -0.300. The molecule has 3 aromatic rings. The number of Topliss-reactive ketones (excluding diaryl/α,β-unsaturated/α-hetero) is 1. The third-order valence-electron chi connectivity index (χ3n) is 4.83. The van der Waals surface area contributed by atoms with Crippen molar-refractivity contribution in [3.05, 3.63) is 81.0 Å². The number of ketones is 1. The highest BCUT2D eigenvalue weighted by atomic mass is 79.9. The normalized spacial score (nSPS) is 18.0. The average molecular weight is 472 g/mol. The summed E-state index contributed by atoms with van der Waals surface area (Å²) in [7, 11) is 0. The van der Waals surface area contributed by atoms with Gasteiger partial charge in [-0.1, -0.05) is 36.4 Å². The Kier molecular flexibility index (Phi) is 5.54. The van der Waals surface area contributed by atoms with Crippen molar-refractivity contribution in [2.24, 2.45) is 0 Å². The molecule has 0 spiro atoms. The summed E-state index contributed by atoms with van der Waals surface area (Å²) >= 11 is 4.62. The number of thiophene rings is 1. The minimum atomic E-state index is -1.88. The number of aliphatic hydroxyl groups is 1. The number of hydrogen-bond acceptors (Lipinski definition) is 5. The molecule has 148 valence electrons. The Labute approximate surface area is 180 Å². The summed E-state index contributed by atoms with van der Waals surface area (Å²) in [6, 6.07) is 19.8. The molecule has 1 N–H and O–H groups in total. The maximum Gasteiger partial charge on any atom is 0.264 e. The fourth-order valence-electron chi connectivity index (χ4n) is 3.45. The Bertz CT molecular complexity index is 1050. The van der Waals surface area contributed by atoms with Crippen LogP contribution in [-0.4, -0.2) is 29.9 Å². The first kappa shape index (κ1) is 19.8. The summed E-state index contributed by atoms with van der Waals surface area (Å²) < 4.78 is 6.53. The molecule has 7 heteroatoms. The van der Waals surface area contributed by atoms with Gasteiger partial charge in [-0.15, -0.1) is 11.3 Å². The summed E-state index contributed by atoms with van der Waals surface area (Å²) in [5, 5.41) is 11.3. The van der Waals surface area contributed by atoms with Crippen LogP contribution in [0.15, 0.2) is 70.5 Å². The first-order valence-electron chi connectivity index (χ1n) is 9.09. The predicted octanol–water partition coefficient (Wildman–Crippen LogP) is 4.40. The van der Waals surface area contributed by atoms with Crippen LogP contribution >= 0.6 is 27.3 Å². The van der Waals surface area contributed by atoms with E-state index in [1.165, 1.54) is 16.2 Å². The van der Waals surface area contributed by atoms with Crippen LogP contribution in [0, 0.1) is 0 Å². The highest BCUT2D eigenvalue weighted by Crippen LogP contribution is 2.43. The molecule has 1 aliphatic heterocycles. The fraction of sp³-hybridized carbons (Fsp3) is 0.182. The van der Waals surface area contributed by atoms with E-state index in [-0.39, 0.29) is 25.4 Å². The molecule has 0 saturated carbocycles. The summed E-state index contributed by atoms with van der Waals surface area (Å²) in [6.45, 7) is 0.539. The molecular formula is C22H18BrNO4S. The van der Waals surface area contributed by atoms with Gasteiger partial charge in [-0.2, -0.15) is 0 Å². The van der Waals surface area contributed by atoms with Crippen LogP contribution < -0.4 is 9.64 Å². The van der Waals surface area contributed by atoms with Gasteiger partial charge in [0.25, 0.3) is 5.91 Å². The number of anilines is 1. The number of rotatable bonds is 7. The Hall–Kier alpha value is -2.48. The lowest BCUT2D eigenvalue weighted by molar-refractivity contribution is -0.135. The van der Waals surface area contributed by atoms with Crippen molar-refractivity contribution in [1.82, 2.24) is 0 Å². The molecule has 5 nitrogen and oxygen atoms in total. The van der Waals surface area contributed by atoms with Crippen molar-refractivity contribution in [3.63, 3.8) is 0 Å². The van der Waals surface area contributed by atoms with Gasteiger partial charge in [0, 0.05) is 5.56 Å². The average Bonchev–Trinajstić information content (AvgIpc) is 3.25. The molecule has 2 heterocycles. The molecule has 0 fully saturated rings. The second kappa shape index (κ2) is 8.10. The lowest BCUT2D eigenvalue weighted by atomic mass is 9.89. The molecule has 1 aliphatic rings. The van der Waals surface area contributed by atoms with E-state index < -0.39 is 11.5 Å². The molecule has 0 saturated heterocycles. The molecule has 1 amide bonds. The molecule has 4 rings (SSSR count). The Balaban J connectivity index is 1.54. The quantitative estimate of drug-likeness (QED) is 0.518. The van der Waals surface area contributed by atoms with Gasteiger partial charge in [0.1, 0.15) is 12.4 Å². The van der Waals surface area contributed by atoms with E-state index in [0.717, 1.165) is 3.79 Å². The zero-order valence-corrected chi connectivity index (χ0v) is 17.8.